The van der Waals surface area contributed by atoms with Crippen LogP contribution in [0.5, 0.6) is 0 Å². The number of aromatic nitrogens is 4. The second kappa shape index (κ2) is 9.75. The first kappa shape index (κ1) is 21.8. The average molecular weight is 433 g/mol. The maximum Gasteiger partial charge on any atom is 0.330 e. The molecule has 0 saturated heterocycles. The van der Waals surface area contributed by atoms with Gasteiger partial charge in [0.15, 0.2) is 11.2 Å². The fourth-order valence-corrected chi connectivity index (χ4v) is 3.51. The number of aromatic amines is 1. The Morgan fingerprint density at radius 1 is 1.13 bits per heavy atom. The number of H-pyrrole nitrogens is 1. The van der Waals surface area contributed by atoms with Crippen molar-refractivity contribution in [3.8, 4) is 0 Å². The lowest BCUT2D eigenvalue weighted by molar-refractivity contribution is -0.144. The van der Waals surface area contributed by atoms with Crippen LogP contribution >= 0.6 is 11.6 Å². The smallest absolute Gasteiger partial charge is 0.330 e. The molecule has 3 rings (SSSR count). The van der Waals surface area contributed by atoms with E-state index in [1.807, 2.05) is 13.8 Å². The first-order valence-electron chi connectivity index (χ1n) is 10.1. The molecule has 0 bridgehead atoms. The second-order valence-electron chi connectivity index (χ2n) is 7.05. The van der Waals surface area contributed by atoms with Gasteiger partial charge in [-0.2, -0.15) is 0 Å². The van der Waals surface area contributed by atoms with Crippen molar-refractivity contribution in [3.05, 3.63) is 61.5 Å². The van der Waals surface area contributed by atoms with E-state index < -0.39 is 17.2 Å². The fraction of sp³-hybridized carbons (Fsp3) is 0.429. The number of carbonyl (C=O) groups excluding carboxylic acids is 1. The second-order valence-corrected chi connectivity index (χ2v) is 7.45. The third-order valence-electron chi connectivity index (χ3n) is 4.80. The lowest BCUT2D eigenvalue weighted by Gasteiger charge is -2.09. The number of hydrogen-bond acceptors (Lipinski definition) is 5. The zero-order chi connectivity index (χ0) is 21.7. The molecule has 9 heteroatoms. The zero-order valence-corrected chi connectivity index (χ0v) is 17.9. The Labute approximate surface area is 178 Å². The van der Waals surface area contributed by atoms with Crippen LogP contribution in [0.4, 0.5) is 0 Å². The van der Waals surface area contributed by atoms with Crippen molar-refractivity contribution in [1.82, 2.24) is 19.1 Å². The normalized spacial score (nSPS) is 11.2. The van der Waals surface area contributed by atoms with E-state index in [2.05, 4.69) is 9.97 Å². The van der Waals surface area contributed by atoms with Crippen LogP contribution in [-0.2, 0) is 35.6 Å². The number of imidazole rings is 1. The summed E-state index contributed by atoms with van der Waals surface area (Å²) in [4.78, 5) is 44.0. The lowest BCUT2D eigenvalue weighted by atomic mass is 10.1. The van der Waals surface area contributed by atoms with E-state index in [1.54, 1.807) is 28.8 Å². The van der Waals surface area contributed by atoms with E-state index in [-0.39, 0.29) is 13.0 Å². The quantitative estimate of drug-likeness (QED) is 0.524. The molecule has 0 unspecified atom stereocenters. The maximum absolute atomic E-state index is 12.5. The standard InChI is InChI=1S/C21H25ClN4O4/c1-3-5-11-26-19-18(20(28)24-21(26)29)25(10-4-2)16(23-19)13-30-17(27)12-14-8-6-7-9-15(14)22/h6-9H,3-5,10-13H2,1-2H3,(H,24,28,29). The summed E-state index contributed by atoms with van der Waals surface area (Å²) in [6.45, 7) is 4.87. The molecular weight excluding hydrogens is 408 g/mol. The first-order chi connectivity index (χ1) is 14.5. The molecule has 160 valence electrons. The minimum atomic E-state index is -0.489. The largest absolute Gasteiger partial charge is 0.457 e. The van der Waals surface area contributed by atoms with Crippen LogP contribution in [0.3, 0.4) is 0 Å². The van der Waals surface area contributed by atoms with Gasteiger partial charge in [0.25, 0.3) is 5.56 Å². The molecule has 0 radical (unpaired) electrons. The van der Waals surface area contributed by atoms with E-state index in [0.29, 0.717) is 40.7 Å². The van der Waals surface area contributed by atoms with Gasteiger partial charge in [0.2, 0.25) is 0 Å². The highest BCUT2D eigenvalue weighted by molar-refractivity contribution is 6.31. The van der Waals surface area contributed by atoms with Crippen molar-refractivity contribution in [3.63, 3.8) is 0 Å². The van der Waals surface area contributed by atoms with Gasteiger partial charge in [0.05, 0.1) is 6.42 Å². The predicted octanol–water partition coefficient (Wildman–Crippen LogP) is 3.04. The number of fused-ring (bicyclic) bond motifs is 1. The van der Waals surface area contributed by atoms with Crippen molar-refractivity contribution in [2.75, 3.05) is 0 Å². The highest BCUT2D eigenvalue weighted by Crippen LogP contribution is 2.17. The highest BCUT2D eigenvalue weighted by atomic mass is 35.5. The minimum Gasteiger partial charge on any atom is -0.457 e. The number of esters is 1. The number of halogens is 1. The van der Waals surface area contributed by atoms with Gasteiger partial charge >= 0.3 is 11.7 Å². The molecule has 1 aromatic carbocycles. The summed E-state index contributed by atoms with van der Waals surface area (Å²) in [5.41, 5.74) is 0.352. The minimum absolute atomic E-state index is 0.0372. The lowest BCUT2D eigenvalue weighted by Crippen LogP contribution is -2.31. The van der Waals surface area contributed by atoms with Crippen molar-refractivity contribution >= 4 is 28.7 Å². The van der Waals surface area contributed by atoms with Gasteiger partial charge < -0.3 is 9.30 Å². The van der Waals surface area contributed by atoms with E-state index >= 15 is 0 Å². The number of unbranched alkanes of at least 4 members (excludes halogenated alkanes) is 1. The van der Waals surface area contributed by atoms with Gasteiger partial charge in [-0.3, -0.25) is 19.1 Å². The van der Waals surface area contributed by atoms with E-state index in [9.17, 15) is 14.4 Å². The summed E-state index contributed by atoms with van der Waals surface area (Å²) in [6, 6.07) is 7.07. The molecule has 1 N–H and O–H groups in total. The number of aryl methyl sites for hydroxylation is 2. The van der Waals surface area contributed by atoms with Gasteiger partial charge in [-0.25, -0.2) is 9.78 Å². The number of nitrogens with one attached hydrogen (secondary N) is 1. The molecule has 0 spiro atoms. The number of hydrogen-bond donors (Lipinski definition) is 1. The number of rotatable bonds is 9. The summed E-state index contributed by atoms with van der Waals surface area (Å²) in [6.07, 6.45) is 2.47. The zero-order valence-electron chi connectivity index (χ0n) is 17.1. The molecule has 8 nitrogen and oxygen atoms in total. The Kier molecular flexibility index (Phi) is 7.10. The molecule has 0 atom stereocenters. The number of ether oxygens (including phenoxy) is 1. The Bertz CT molecular complexity index is 1160. The Hall–Kier alpha value is -2.87. The molecule has 3 aromatic rings. The van der Waals surface area contributed by atoms with Crippen molar-refractivity contribution in [1.29, 1.82) is 0 Å². The molecule has 0 aliphatic heterocycles. The third kappa shape index (κ3) is 4.64. The Morgan fingerprint density at radius 3 is 2.60 bits per heavy atom. The maximum atomic E-state index is 12.5. The molecule has 30 heavy (non-hydrogen) atoms. The van der Waals surface area contributed by atoms with Crippen LogP contribution in [0.1, 0.15) is 44.5 Å². The van der Waals surface area contributed by atoms with Gasteiger partial charge in [0, 0.05) is 18.1 Å². The molecule has 0 amide bonds. The summed E-state index contributed by atoms with van der Waals surface area (Å²) in [5.74, 6) is -0.0174. The molecule has 0 fully saturated rings. The van der Waals surface area contributed by atoms with Crippen LogP contribution < -0.4 is 11.2 Å². The van der Waals surface area contributed by atoms with E-state index in [4.69, 9.17) is 16.3 Å². The summed E-state index contributed by atoms with van der Waals surface area (Å²) < 4.78 is 8.61. The molecule has 2 heterocycles. The monoisotopic (exact) mass is 432 g/mol. The van der Waals surface area contributed by atoms with Gasteiger partial charge in [-0.1, -0.05) is 50.1 Å². The van der Waals surface area contributed by atoms with Crippen LogP contribution in [0, 0.1) is 0 Å². The molecule has 0 aliphatic carbocycles. The molecule has 2 aromatic heterocycles. The van der Waals surface area contributed by atoms with Gasteiger partial charge in [-0.15, -0.1) is 0 Å². The average Bonchev–Trinajstić information content (AvgIpc) is 3.07. The highest BCUT2D eigenvalue weighted by Gasteiger charge is 2.19. The number of carbonyl (C=O) groups is 1. The van der Waals surface area contributed by atoms with Crippen molar-refractivity contribution in [2.45, 2.75) is 59.2 Å². The topological polar surface area (TPSA) is 99.0 Å². The molecular formula is C21H25ClN4O4. The predicted molar refractivity (Wildman–Crippen MR) is 115 cm³/mol. The summed E-state index contributed by atoms with van der Waals surface area (Å²) >= 11 is 6.10. The molecule has 0 aliphatic rings. The van der Waals surface area contributed by atoms with Crippen molar-refractivity contribution in [2.24, 2.45) is 0 Å². The molecule has 0 saturated carbocycles. The first-order valence-corrected chi connectivity index (χ1v) is 10.4. The third-order valence-corrected chi connectivity index (χ3v) is 5.17. The number of nitrogens with zero attached hydrogens (tertiary/aromatic N) is 3. The van der Waals surface area contributed by atoms with Gasteiger partial charge in [0.1, 0.15) is 12.4 Å². The number of benzene rings is 1. The van der Waals surface area contributed by atoms with E-state index in [0.717, 1.165) is 19.3 Å². The van der Waals surface area contributed by atoms with Crippen LogP contribution in [0.2, 0.25) is 5.02 Å². The summed E-state index contributed by atoms with van der Waals surface area (Å²) in [7, 11) is 0. The summed E-state index contributed by atoms with van der Waals surface area (Å²) in [5, 5.41) is 0.499. The van der Waals surface area contributed by atoms with Crippen LogP contribution in [-0.4, -0.2) is 25.1 Å². The van der Waals surface area contributed by atoms with Gasteiger partial charge in [-0.05, 0) is 24.5 Å². The van der Waals surface area contributed by atoms with Crippen LogP contribution in [0.25, 0.3) is 11.2 Å². The van der Waals surface area contributed by atoms with Crippen LogP contribution in [0.15, 0.2) is 33.9 Å². The van der Waals surface area contributed by atoms with Crippen molar-refractivity contribution < 1.29 is 9.53 Å². The fourth-order valence-electron chi connectivity index (χ4n) is 3.31. The SMILES string of the molecule is CCCCn1c(=O)[nH]c(=O)c2c1nc(COC(=O)Cc1ccccc1Cl)n2CCC. The Morgan fingerprint density at radius 2 is 1.90 bits per heavy atom. The Balaban J connectivity index is 1.91. The van der Waals surface area contributed by atoms with E-state index in [1.165, 1.54) is 4.57 Å².